The highest BCUT2D eigenvalue weighted by atomic mass is 16.5. The Morgan fingerprint density at radius 3 is 2.48 bits per heavy atom. The third-order valence-corrected chi connectivity index (χ3v) is 5.50. The lowest BCUT2D eigenvalue weighted by atomic mass is 9.94. The monoisotopic (exact) mass is 340 g/mol. The minimum Gasteiger partial charge on any atom is -0.339 e. The summed E-state index contributed by atoms with van der Waals surface area (Å²) < 4.78 is 5.06. The third-order valence-electron chi connectivity index (χ3n) is 5.50. The van der Waals surface area contributed by atoms with E-state index >= 15 is 0 Å². The molecule has 25 heavy (non-hydrogen) atoms. The summed E-state index contributed by atoms with van der Waals surface area (Å²) in [4.78, 5) is 16.5. The van der Waals surface area contributed by atoms with Crippen molar-refractivity contribution in [1.29, 1.82) is 0 Å². The van der Waals surface area contributed by atoms with Crippen molar-refractivity contribution in [1.82, 2.24) is 20.8 Å². The summed E-state index contributed by atoms with van der Waals surface area (Å²) in [6, 6.07) is 8.87. The number of carbonyl (C=O) groups excluding carboxylic acids is 1. The number of amides is 2. The van der Waals surface area contributed by atoms with Crippen molar-refractivity contribution in [3.63, 3.8) is 0 Å². The van der Waals surface area contributed by atoms with Crippen LogP contribution in [0.1, 0.15) is 35.7 Å². The van der Waals surface area contributed by atoms with Crippen LogP contribution < -0.4 is 10.6 Å². The third kappa shape index (κ3) is 3.52. The van der Waals surface area contributed by atoms with Crippen LogP contribution in [0.4, 0.5) is 4.79 Å². The summed E-state index contributed by atoms with van der Waals surface area (Å²) in [5.74, 6) is 2.26. The van der Waals surface area contributed by atoms with Gasteiger partial charge in [-0.25, -0.2) is 4.79 Å². The molecule has 1 fully saturated rings. The second-order valence-electron chi connectivity index (χ2n) is 7.19. The molecule has 1 saturated carbocycles. The SMILES string of the molecule is Cc1noc(CCNC(=O)NC2C3CCC2Cc2ccccc2C3)n1. The summed E-state index contributed by atoms with van der Waals surface area (Å²) in [5.41, 5.74) is 2.90. The van der Waals surface area contributed by atoms with Gasteiger partial charge in [0, 0.05) is 19.0 Å². The molecule has 132 valence electrons. The number of hydrogen-bond acceptors (Lipinski definition) is 4. The Morgan fingerprint density at radius 2 is 1.88 bits per heavy atom. The quantitative estimate of drug-likeness (QED) is 0.896. The summed E-state index contributed by atoms with van der Waals surface area (Å²) in [6.45, 7) is 2.28. The van der Waals surface area contributed by atoms with Crippen LogP contribution in [-0.4, -0.2) is 28.8 Å². The number of nitrogens with zero attached hydrogens (tertiary/aromatic N) is 2. The van der Waals surface area contributed by atoms with E-state index in [2.05, 4.69) is 45.0 Å². The van der Waals surface area contributed by atoms with Gasteiger partial charge in [-0.15, -0.1) is 0 Å². The number of benzene rings is 1. The van der Waals surface area contributed by atoms with Gasteiger partial charge in [0.25, 0.3) is 0 Å². The van der Waals surface area contributed by atoms with Crippen molar-refractivity contribution in [3.05, 3.63) is 47.1 Å². The molecule has 1 aromatic heterocycles. The predicted octanol–water partition coefficient (Wildman–Crippen LogP) is 2.41. The van der Waals surface area contributed by atoms with Gasteiger partial charge < -0.3 is 15.2 Å². The van der Waals surface area contributed by atoms with E-state index in [9.17, 15) is 4.79 Å². The number of aromatic nitrogens is 2. The molecule has 2 aliphatic rings. The molecule has 1 heterocycles. The molecule has 2 N–H and O–H groups in total. The van der Waals surface area contributed by atoms with Gasteiger partial charge in [0.2, 0.25) is 5.89 Å². The van der Waals surface area contributed by atoms with Crippen molar-refractivity contribution < 1.29 is 9.32 Å². The molecule has 2 aromatic rings. The molecule has 2 atom stereocenters. The van der Waals surface area contributed by atoms with Crippen LogP contribution in [0, 0.1) is 18.8 Å². The highest BCUT2D eigenvalue weighted by molar-refractivity contribution is 5.74. The van der Waals surface area contributed by atoms with Gasteiger partial charge in [0.1, 0.15) is 0 Å². The van der Waals surface area contributed by atoms with E-state index in [1.165, 1.54) is 24.0 Å². The molecule has 6 nitrogen and oxygen atoms in total. The average Bonchev–Trinajstić information content (AvgIpc) is 3.11. The number of urea groups is 1. The van der Waals surface area contributed by atoms with Crippen LogP contribution in [0.5, 0.6) is 0 Å². The van der Waals surface area contributed by atoms with E-state index in [0.29, 0.717) is 36.5 Å². The second-order valence-corrected chi connectivity index (χ2v) is 7.19. The molecule has 0 spiro atoms. The Balaban J connectivity index is 1.32. The first-order chi connectivity index (χ1) is 12.2. The Bertz CT molecular complexity index is 724. The van der Waals surface area contributed by atoms with Crippen LogP contribution in [-0.2, 0) is 19.3 Å². The van der Waals surface area contributed by atoms with Gasteiger partial charge in [0.05, 0.1) is 0 Å². The lowest BCUT2D eigenvalue weighted by Crippen LogP contribution is -2.47. The van der Waals surface area contributed by atoms with Crippen LogP contribution in [0.25, 0.3) is 0 Å². The number of nitrogens with one attached hydrogen (secondary N) is 2. The lowest BCUT2D eigenvalue weighted by molar-refractivity contribution is 0.228. The molecule has 6 heteroatoms. The average molecular weight is 340 g/mol. The summed E-state index contributed by atoms with van der Waals surface area (Å²) in [6.07, 6.45) is 5.09. The van der Waals surface area contributed by atoms with Gasteiger partial charge in [-0.2, -0.15) is 4.98 Å². The van der Waals surface area contributed by atoms with Crippen LogP contribution in [0.15, 0.2) is 28.8 Å². The predicted molar refractivity (Wildman–Crippen MR) is 93.1 cm³/mol. The molecule has 4 rings (SSSR count). The number of rotatable bonds is 4. The maximum atomic E-state index is 12.3. The van der Waals surface area contributed by atoms with Crippen molar-refractivity contribution in [2.24, 2.45) is 11.8 Å². The minimum absolute atomic E-state index is 0.0934. The molecular weight excluding hydrogens is 316 g/mol. The zero-order chi connectivity index (χ0) is 17.2. The standard InChI is InChI=1S/C19H24N4O2/c1-12-21-17(25-23-12)8-9-20-19(24)22-18-15-6-7-16(18)11-14-5-3-2-4-13(14)10-15/h2-5,15-16,18H,6-11H2,1H3,(H2,20,22,24). The van der Waals surface area contributed by atoms with Gasteiger partial charge in [0.15, 0.2) is 5.82 Å². The zero-order valence-electron chi connectivity index (χ0n) is 14.5. The Labute approximate surface area is 147 Å². The van der Waals surface area contributed by atoms with E-state index in [4.69, 9.17) is 4.52 Å². The van der Waals surface area contributed by atoms with Crippen LogP contribution in [0.3, 0.4) is 0 Å². The molecule has 1 aromatic carbocycles. The van der Waals surface area contributed by atoms with Crippen LogP contribution >= 0.6 is 0 Å². The molecule has 0 radical (unpaired) electrons. The number of hydrogen-bond donors (Lipinski definition) is 2. The first-order valence-corrected chi connectivity index (χ1v) is 9.09. The molecular formula is C19H24N4O2. The maximum Gasteiger partial charge on any atom is 0.315 e. The van der Waals surface area contributed by atoms with E-state index < -0.39 is 0 Å². The fourth-order valence-electron chi connectivity index (χ4n) is 4.31. The molecule has 2 bridgehead atoms. The van der Waals surface area contributed by atoms with Crippen molar-refractivity contribution in [2.45, 2.75) is 45.1 Å². The molecule has 2 aliphatic carbocycles. The van der Waals surface area contributed by atoms with Gasteiger partial charge in [-0.1, -0.05) is 29.4 Å². The Hall–Kier alpha value is -2.37. The molecule has 2 unspecified atom stereocenters. The first-order valence-electron chi connectivity index (χ1n) is 9.09. The first kappa shape index (κ1) is 16.1. The highest BCUT2D eigenvalue weighted by Gasteiger charge is 2.39. The largest absolute Gasteiger partial charge is 0.339 e. The Kier molecular flexibility index (Phi) is 4.42. The maximum absolute atomic E-state index is 12.3. The van der Waals surface area contributed by atoms with E-state index in [1.54, 1.807) is 6.92 Å². The Morgan fingerprint density at radius 1 is 1.20 bits per heavy atom. The van der Waals surface area contributed by atoms with E-state index in [1.807, 2.05) is 0 Å². The number of aryl methyl sites for hydroxylation is 1. The minimum atomic E-state index is -0.0934. The normalized spacial score (nSPS) is 24.4. The van der Waals surface area contributed by atoms with Crippen molar-refractivity contribution in [3.8, 4) is 0 Å². The van der Waals surface area contributed by atoms with Crippen molar-refractivity contribution in [2.75, 3.05) is 6.54 Å². The fraction of sp³-hybridized carbons (Fsp3) is 0.526. The summed E-state index contributed by atoms with van der Waals surface area (Å²) in [7, 11) is 0. The summed E-state index contributed by atoms with van der Waals surface area (Å²) >= 11 is 0. The zero-order valence-corrected chi connectivity index (χ0v) is 14.5. The van der Waals surface area contributed by atoms with Gasteiger partial charge in [-0.05, 0) is 55.6 Å². The van der Waals surface area contributed by atoms with Crippen molar-refractivity contribution >= 4 is 6.03 Å². The number of carbonyl (C=O) groups is 1. The molecule has 0 saturated heterocycles. The number of fused-ring (bicyclic) bond motifs is 3. The van der Waals surface area contributed by atoms with E-state index in [0.717, 1.165) is 12.8 Å². The summed E-state index contributed by atoms with van der Waals surface area (Å²) in [5, 5.41) is 9.90. The molecule has 0 aliphatic heterocycles. The van der Waals surface area contributed by atoms with Gasteiger partial charge >= 0.3 is 6.03 Å². The van der Waals surface area contributed by atoms with E-state index in [-0.39, 0.29) is 12.1 Å². The highest BCUT2D eigenvalue weighted by Crippen LogP contribution is 2.39. The lowest BCUT2D eigenvalue weighted by Gasteiger charge is -2.23. The van der Waals surface area contributed by atoms with Gasteiger partial charge in [-0.3, -0.25) is 0 Å². The smallest absolute Gasteiger partial charge is 0.315 e. The van der Waals surface area contributed by atoms with Crippen LogP contribution in [0.2, 0.25) is 0 Å². The molecule has 2 amide bonds. The topological polar surface area (TPSA) is 80.0 Å². The second kappa shape index (κ2) is 6.86. The fourth-order valence-corrected chi connectivity index (χ4v) is 4.31.